The molecular formula is C21H22N4O2. The number of rotatable bonds is 4. The molecule has 3 aromatic rings. The Morgan fingerprint density at radius 3 is 2.78 bits per heavy atom. The fourth-order valence-electron chi connectivity index (χ4n) is 3.86. The first-order valence-corrected chi connectivity index (χ1v) is 9.51. The highest BCUT2D eigenvalue weighted by molar-refractivity contribution is 5.54. The van der Waals surface area contributed by atoms with Crippen molar-refractivity contribution < 1.29 is 4.42 Å². The highest BCUT2D eigenvalue weighted by Gasteiger charge is 2.30. The van der Waals surface area contributed by atoms with Crippen LogP contribution in [-0.4, -0.2) is 26.2 Å². The van der Waals surface area contributed by atoms with Gasteiger partial charge in [-0.1, -0.05) is 30.3 Å². The van der Waals surface area contributed by atoms with Gasteiger partial charge < -0.3 is 8.98 Å². The Labute approximate surface area is 157 Å². The molecule has 27 heavy (non-hydrogen) atoms. The van der Waals surface area contributed by atoms with Gasteiger partial charge in [-0.15, -0.1) is 10.2 Å². The van der Waals surface area contributed by atoms with E-state index >= 15 is 0 Å². The molecule has 5 rings (SSSR count). The van der Waals surface area contributed by atoms with Crippen LogP contribution in [0.4, 0.5) is 0 Å². The highest BCUT2D eigenvalue weighted by atomic mass is 16.4. The van der Waals surface area contributed by atoms with E-state index in [1.54, 1.807) is 4.57 Å². The maximum absolute atomic E-state index is 12.8. The molecule has 138 valence electrons. The molecule has 2 aromatic heterocycles. The minimum Gasteiger partial charge on any atom is -0.420 e. The molecule has 6 nitrogen and oxygen atoms in total. The Morgan fingerprint density at radius 2 is 2.00 bits per heavy atom. The SMILES string of the molecule is Cn1c2c(cc(-c3nnc(C4CC4)o3)c1=O)CN(Cc1ccccc1)CC2. The lowest BCUT2D eigenvalue weighted by Gasteiger charge is -2.30. The summed E-state index contributed by atoms with van der Waals surface area (Å²) in [6, 6.07) is 12.4. The minimum atomic E-state index is -0.0590. The third-order valence-electron chi connectivity index (χ3n) is 5.53. The van der Waals surface area contributed by atoms with Crippen molar-refractivity contribution in [2.75, 3.05) is 6.54 Å². The summed E-state index contributed by atoms with van der Waals surface area (Å²) in [6.07, 6.45) is 3.06. The maximum atomic E-state index is 12.8. The van der Waals surface area contributed by atoms with Gasteiger partial charge in [-0.3, -0.25) is 9.69 Å². The predicted octanol–water partition coefficient (Wildman–Crippen LogP) is 2.87. The van der Waals surface area contributed by atoms with E-state index in [1.165, 1.54) is 11.1 Å². The third kappa shape index (κ3) is 3.10. The maximum Gasteiger partial charge on any atom is 0.263 e. The van der Waals surface area contributed by atoms with Crippen LogP contribution in [0.25, 0.3) is 11.5 Å². The van der Waals surface area contributed by atoms with Gasteiger partial charge in [-0.2, -0.15) is 0 Å². The molecule has 0 N–H and O–H groups in total. The van der Waals surface area contributed by atoms with Crippen LogP contribution < -0.4 is 5.56 Å². The number of fused-ring (bicyclic) bond motifs is 1. The van der Waals surface area contributed by atoms with E-state index in [1.807, 2.05) is 19.2 Å². The molecule has 1 aliphatic heterocycles. The Morgan fingerprint density at radius 1 is 1.19 bits per heavy atom. The molecule has 0 bridgehead atoms. The molecule has 0 saturated heterocycles. The van der Waals surface area contributed by atoms with E-state index in [0.717, 1.165) is 44.6 Å². The van der Waals surface area contributed by atoms with Crippen molar-refractivity contribution in [2.24, 2.45) is 7.05 Å². The first-order valence-electron chi connectivity index (χ1n) is 9.51. The second-order valence-electron chi connectivity index (χ2n) is 7.56. The van der Waals surface area contributed by atoms with Gasteiger partial charge in [0, 0.05) is 44.7 Å². The number of aromatic nitrogens is 3. The average molecular weight is 362 g/mol. The van der Waals surface area contributed by atoms with E-state index in [-0.39, 0.29) is 5.56 Å². The Kier molecular flexibility index (Phi) is 3.93. The molecule has 3 heterocycles. The van der Waals surface area contributed by atoms with Crippen LogP contribution in [-0.2, 0) is 26.6 Å². The highest BCUT2D eigenvalue weighted by Crippen LogP contribution is 2.39. The Bertz CT molecular complexity index is 1030. The Balaban J connectivity index is 1.46. The van der Waals surface area contributed by atoms with Crippen LogP contribution in [0.3, 0.4) is 0 Å². The van der Waals surface area contributed by atoms with Gasteiger partial charge in [0.05, 0.1) is 0 Å². The molecule has 2 aliphatic rings. The monoisotopic (exact) mass is 362 g/mol. The number of hydrogen-bond donors (Lipinski definition) is 0. The molecule has 0 atom stereocenters. The van der Waals surface area contributed by atoms with Crippen molar-refractivity contribution in [2.45, 2.75) is 38.3 Å². The van der Waals surface area contributed by atoms with Crippen LogP contribution in [0, 0.1) is 0 Å². The second-order valence-corrected chi connectivity index (χ2v) is 7.56. The summed E-state index contributed by atoms with van der Waals surface area (Å²) >= 11 is 0. The van der Waals surface area contributed by atoms with Crippen molar-refractivity contribution in [3.8, 4) is 11.5 Å². The van der Waals surface area contributed by atoms with Gasteiger partial charge in [-0.25, -0.2) is 0 Å². The van der Waals surface area contributed by atoms with Gasteiger partial charge in [-0.05, 0) is 30.0 Å². The number of benzene rings is 1. The predicted molar refractivity (Wildman–Crippen MR) is 101 cm³/mol. The van der Waals surface area contributed by atoms with Gasteiger partial charge in [0.2, 0.25) is 5.89 Å². The molecule has 0 radical (unpaired) electrons. The smallest absolute Gasteiger partial charge is 0.263 e. The standard InChI is InChI=1S/C21H22N4O2/c1-24-18-9-10-25(12-14-5-3-2-4-6-14)13-16(18)11-17(21(24)26)20-23-22-19(27-20)15-7-8-15/h2-6,11,15H,7-10,12-13H2,1H3. The molecule has 6 heteroatoms. The topological polar surface area (TPSA) is 64.2 Å². The second kappa shape index (κ2) is 6.46. The van der Waals surface area contributed by atoms with Crippen LogP contribution >= 0.6 is 0 Å². The van der Waals surface area contributed by atoms with E-state index < -0.39 is 0 Å². The minimum absolute atomic E-state index is 0.0590. The zero-order chi connectivity index (χ0) is 18.4. The van der Waals surface area contributed by atoms with Gasteiger partial charge >= 0.3 is 0 Å². The van der Waals surface area contributed by atoms with E-state index in [2.05, 4.69) is 39.4 Å². The summed E-state index contributed by atoms with van der Waals surface area (Å²) in [6.45, 7) is 2.67. The first kappa shape index (κ1) is 16.4. The van der Waals surface area contributed by atoms with E-state index in [0.29, 0.717) is 23.3 Å². The molecule has 1 aromatic carbocycles. The van der Waals surface area contributed by atoms with Gasteiger partial charge in [0.1, 0.15) is 5.56 Å². The molecule has 0 unspecified atom stereocenters. The van der Waals surface area contributed by atoms with Crippen molar-refractivity contribution in [1.82, 2.24) is 19.7 Å². The summed E-state index contributed by atoms with van der Waals surface area (Å²) in [5.74, 6) is 1.39. The first-order chi connectivity index (χ1) is 13.2. The molecule has 1 fully saturated rings. The van der Waals surface area contributed by atoms with Crippen molar-refractivity contribution >= 4 is 0 Å². The number of nitrogens with zero attached hydrogens (tertiary/aromatic N) is 4. The number of pyridine rings is 1. The number of hydrogen-bond acceptors (Lipinski definition) is 5. The van der Waals surface area contributed by atoms with Crippen molar-refractivity contribution in [1.29, 1.82) is 0 Å². The summed E-state index contributed by atoms with van der Waals surface area (Å²) < 4.78 is 7.55. The molecule has 0 spiro atoms. The van der Waals surface area contributed by atoms with Crippen LogP contribution in [0.2, 0.25) is 0 Å². The van der Waals surface area contributed by atoms with Gasteiger partial charge in [0.25, 0.3) is 11.4 Å². The molecule has 1 aliphatic carbocycles. The lowest BCUT2D eigenvalue weighted by molar-refractivity contribution is 0.241. The lowest BCUT2D eigenvalue weighted by atomic mass is 10.0. The summed E-state index contributed by atoms with van der Waals surface area (Å²) in [4.78, 5) is 15.2. The van der Waals surface area contributed by atoms with E-state index in [9.17, 15) is 4.79 Å². The molecular weight excluding hydrogens is 340 g/mol. The molecule has 1 saturated carbocycles. The average Bonchev–Trinajstić information content (AvgIpc) is 3.43. The van der Waals surface area contributed by atoms with Crippen molar-refractivity contribution in [3.05, 3.63) is 69.5 Å². The lowest BCUT2D eigenvalue weighted by Crippen LogP contribution is -2.35. The Hall–Kier alpha value is -2.73. The van der Waals surface area contributed by atoms with Crippen LogP contribution in [0.1, 0.15) is 41.5 Å². The fourth-order valence-corrected chi connectivity index (χ4v) is 3.86. The molecule has 0 amide bonds. The van der Waals surface area contributed by atoms with Crippen LogP contribution in [0.15, 0.2) is 45.6 Å². The zero-order valence-corrected chi connectivity index (χ0v) is 15.4. The van der Waals surface area contributed by atoms with Gasteiger partial charge in [0.15, 0.2) is 0 Å². The third-order valence-corrected chi connectivity index (χ3v) is 5.53. The van der Waals surface area contributed by atoms with E-state index in [4.69, 9.17) is 4.42 Å². The largest absolute Gasteiger partial charge is 0.420 e. The summed E-state index contributed by atoms with van der Waals surface area (Å²) in [5, 5.41) is 8.27. The van der Waals surface area contributed by atoms with Crippen molar-refractivity contribution in [3.63, 3.8) is 0 Å². The normalized spacial score (nSPS) is 17.1. The summed E-state index contributed by atoms with van der Waals surface area (Å²) in [7, 11) is 1.84. The fraction of sp³-hybridized carbons (Fsp3) is 0.381. The zero-order valence-electron chi connectivity index (χ0n) is 15.4. The summed E-state index contributed by atoms with van der Waals surface area (Å²) in [5.41, 5.74) is 4.03. The quantitative estimate of drug-likeness (QED) is 0.714. The van der Waals surface area contributed by atoms with Crippen LogP contribution in [0.5, 0.6) is 0 Å².